The van der Waals surface area contributed by atoms with Gasteiger partial charge in [0.05, 0.1) is 11.1 Å². The van der Waals surface area contributed by atoms with Gasteiger partial charge >= 0.3 is 5.97 Å². The molecule has 32 heavy (non-hydrogen) atoms. The van der Waals surface area contributed by atoms with Crippen molar-refractivity contribution in [2.45, 2.75) is 20.0 Å². The third-order valence-corrected chi connectivity index (χ3v) is 5.06. The molecule has 0 aliphatic rings. The lowest BCUT2D eigenvalue weighted by molar-refractivity contribution is -0.123. The van der Waals surface area contributed by atoms with Crippen LogP contribution in [0.5, 0.6) is 0 Å². The van der Waals surface area contributed by atoms with Gasteiger partial charge in [-0.3, -0.25) is 9.59 Å². The topological polar surface area (TPSA) is 90.3 Å². The largest absolute Gasteiger partial charge is 0.448 e. The highest BCUT2D eigenvalue weighted by Crippen LogP contribution is 2.18. The molecular weight excluding hydrogens is 406 g/mol. The van der Waals surface area contributed by atoms with Gasteiger partial charge in [-0.25, -0.2) is 4.79 Å². The highest BCUT2D eigenvalue weighted by Gasteiger charge is 2.24. The van der Waals surface area contributed by atoms with Crippen molar-refractivity contribution in [3.63, 3.8) is 0 Å². The minimum absolute atomic E-state index is 0.0420. The Labute approximate surface area is 184 Å². The van der Waals surface area contributed by atoms with Crippen LogP contribution in [-0.2, 0) is 9.53 Å². The molecular formula is C25H21N3O4. The SMILES string of the molecule is Cc1ccccc1NC(=O)[C@@H](C)OC(=O)c1nn(-c2ccccc2)c(=O)c2ccccc12. The van der Waals surface area contributed by atoms with E-state index in [0.717, 1.165) is 10.2 Å². The van der Waals surface area contributed by atoms with E-state index in [1.807, 2.05) is 31.2 Å². The van der Waals surface area contributed by atoms with Crippen LogP contribution in [0.2, 0.25) is 0 Å². The number of fused-ring (bicyclic) bond motifs is 1. The van der Waals surface area contributed by atoms with Gasteiger partial charge in [0.1, 0.15) is 0 Å². The van der Waals surface area contributed by atoms with Gasteiger partial charge in [-0.05, 0) is 43.7 Å². The van der Waals surface area contributed by atoms with Gasteiger partial charge in [-0.2, -0.15) is 9.78 Å². The lowest BCUT2D eigenvalue weighted by atomic mass is 10.1. The van der Waals surface area contributed by atoms with Crippen molar-refractivity contribution in [3.8, 4) is 5.69 Å². The summed E-state index contributed by atoms with van der Waals surface area (Å²) in [7, 11) is 0. The van der Waals surface area contributed by atoms with Crippen molar-refractivity contribution in [2.24, 2.45) is 0 Å². The highest BCUT2D eigenvalue weighted by molar-refractivity contribution is 6.04. The van der Waals surface area contributed by atoms with Gasteiger partial charge < -0.3 is 10.1 Å². The van der Waals surface area contributed by atoms with Crippen molar-refractivity contribution < 1.29 is 14.3 Å². The van der Waals surface area contributed by atoms with E-state index in [2.05, 4.69) is 10.4 Å². The molecule has 4 aromatic rings. The number of rotatable bonds is 5. The second kappa shape index (κ2) is 8.85. The normalized spacial score (nSPS) is 11.7. The summed E-state index contributed by atoms with van der Waals surface area (Å²) in [6.07, 6.45) is -1.07. The molecule has 0 fully saturated rings. The first-order chi connectivity index (χ1) is 15.5. The predicted octanol–water partition coefficient (Wildman–Crippen LogP) is 3.88. The molecule has 0 aliphatic carbocycles. The molecule has 1 heterocycles. The molecule has 0 bridgehead atoms. The monoisotopic (exact) mass is 427 g/mol. The average molecular weight is 427 g/mol. The van der Waals surface area contributed by atoms with Gasteiger partial charge in [0.2, 0.25) is 0 Å². The van der Waals surface area contributed by atoms with E-state index in [0.29, 0.717) is 22.1 Å². The fraction of sp³-hybridized carbons (Fsp3) is 0.120. The Morgan fingerprint density at radius 2 is 1.53 bits per heavy atom. The van der Waals surface area contributed by atoms with Gasteiger partial charge in [-0.15, -0.1) is 0 Å². The molecule has 1 N–H and O–H groups in total. The summed E-state index contributed by atoms with van der Waals surface area (Å²) in [4.78, 5) is 38.5. The van der Waals surface area contributed by atoms with E-state index in [4.69, 9.17) is 4.74 Å². The third kappa shape index (κ3) is 4.13. The molecule has 160 valence electrons. The third-order valence-electron chi connectivity index (χ3n) is 5.06. The van der Waals surface area contributed by atoms with Crippen molar-refractivity contribution in [1.82, 2.24) is 9.78 Å². The molecule has 4 rings (SSSR count). The lowest BCUT2D eigenvalue weighted by Crippen LogP contribution is -2.32. The number of carbonyl (C=O) groups excluding carboxylic acids is 2. The number of nitrogens with one attached hydrogen (secondary N) is 1. The molecule has 0 radical (unpaired) electrons. The number of hydrogen-bond acceptors (Lipinski definition) is 5. The van der Waals surface area contributed by atoms with Crippen LogP contribution in [0.25, 0.3) is 16.5 Å². The van der Waals surface area contributed by atoms with E-state index in [-0.39, 0.29) is 11.3 Å². The second-order valence-corrected chi connectivity index (χ2v) is 7.30. The summed E-state index contributed by atoms with van der Waals surface area (Å²) in [5.41, 5.74) is 1.65. The molecule has 0 spiro atoms. The van der Waals surface area contributed by atoms with Crippen LogP contribution >= 0.6 is 0 Å². The molecule has 1 aromatic heterocycles. The average Bonchev–Trinajstić information content (AvgIpc) is 2.81. The summed E-state index contributed by atoms with van der Waals surface area (Å²) in [6.45, 7) is 3.36. The molecule has 1 atom stereocenters. The Bertz CT molecular complexity index is 1360. The quantitative estimate of drug-likeness (QED) is 0.488. The minimum Gasteiger partial charge on any atom is -0.448 e. The summed E-state index contributed by atoms with van der Waals surface area (Å²) < 4.78 is 6.58. The number of hydrogen-bond donors (Lipinski definition) is 1. The van der Waals surface area contributed by atoms with Crippen LogP contribution in [0.3, 0.4) is 0 Å². The molecule has 0 saturated carbocycles. The molecule has 7 heteroatoms. The molecule has 0 saturated heterocycles. The van der Waals surface area contributed by atoms with Crippen molar-refractivity contribution in [3.05, 3.63) is 100 Å². The Morgan fingerprint density at radius 1 is 0.906 bits per heavy atom. The lowest BCUT2D eigenvalue weighted by Gasteiger charge is -2.15. The highest BCUT2D eigenvalue weighted by atomic mass is 16.5. The molecule has 1 amide bonds. The summed E-state index contributed by atoms with van der Waals surface area (Å²) in [6, 6.07) is 22.8. The number of ether oxygens (including phenoxy) is 1. The minimum atomic E-state index is -1.07. The zero-order valence-electron chi connectivity index (χ0n) is 17.6. The number of aryl methyl sites for hydroxylation is 1. The Morgan fingerprint density at radius 3 is 2.25 bits per heavy atom. The number of esters is 1. The maximum atomic E-state index is 13.0. The van der Waals surface area contributed by atoms with Crippen LogP contribution in [0, 0.1) is 6.92 Å². The Hall–Kier alpha value is -4.26. The number of nitrogens with zero attached hydrogens (tertiary/aromatic N) is 2. The summed E-state index contributed by atoms with van der Waals surface area (Å²) in [5, 5.41) is 7.73. The Balaban J connectivity index is 1.66. The van der Waals surface area contributed by atoms with Crippen molar-refractivity contribution in [2.75, 3.05) is 5.32 Å². The first-order valence-corrected chi connectivity index (χ1v) is 10.1. The van der Waals surface area contributed by atoms with Crippen LogP contribution in [0.15, 0.2) is 83.7 Å². The predicted molar refractivity (Wildman–Crippen MR) is 122 cm³/mol. The molecule has 0 aliphatic heterocycles. The van der Waals surface area contributed by atoms with Crippen LogP contribution < -0.4 is 10.9 Å². The van der Waals surface area contributed by atoms with Gasteiger partial charge in [0, 0.05) is 11.1 Å². The van der Waals surface area contributed by atoms with Crippen molar-refractivity contribution in [1.29, 1.82) is 0 Å². The summed E-state index contributed by atoms with van der Waals surface area (Å²) in [5.74, 6) is -1.26. The van der Waals surface area contributed by atoms with E-state index in [1.165, 1.54) is 6.92 Å². The van der Waals surface area contributed by atoms with Crippen LogP contribution in [0.1, 0.15) is 23.0 Å². The fourth-order valence-electron chi connectivity index (χ4n) is 3.30. The number of carbonyl (C=O) groups is 2. The molecule has 3 aromatic carbocycles. The van der Waals surface area contributed by atoms with Crippen LogP contribution in [0.4, 0.5) is 5.69 Å². The number of amides is 1. The zero-order valence-corrected chi connectivity index (χ0v) is 17.6. The molecule has 0 unspecified atom stereocenters. The first kappa shape index (κ1) is 21.0. The van der Waals surface area contributed by atoms with Gasteiger partial charge in [0.25, 0.3) is 11.5 Å². The second-order valence-electron chi connectivity index (χ2n) is 7.30. The number of anilines is 1. The first-order valence-electron chi connectivity index (χ1n) is 10.1. The number of aromatic nitrogens is 2. The smallest absolute Gasteiger partial charge is 0.360 e. The Kier molecular flexibility index (Phi) is 5.81. The van der Waals surface area contributed by atoms with Crippen LogP contribution in [-0.4, -0.2) is 27.8 Å². The number of benzene rings is 3. The zero-order chi connectivity index (χ0) is 22.7. The van der Waals surface area contributed by atoms with Gasteiger partial charge in [-0.1, -0.05) is 54.6 Å². The standard InChI is InChI=1S/C25H21N3O4/c1-16-10-6-9-15-21(16)26-23(29)17(2)32-25(31)22-19-13-7-8-14-20(19)24(30)28(27-22)18-11-4-3-5-12-18/h3-15,17H,1-2H3,(H,26,29)/t17-/m1/s1. The van der Waals surface area contributed by atoms with E-state index >= 15 is 0 Å². The van der Waals surface area contributed by atoms with E-state index in [9.17, 15) is 14.4 Å². The van der Waals surface area contributed by atoms with Gasteiger partial charge in [0.15, 0.2) is 11.8 Å². The maximum absolute atomic E-state index is 13.0. The van der Waals surface area contributed by atoms with E-state index in [1.54, 1.807) is 54.6 Å². The van der Waals surface area contributed by atoms with E-state index < -0.39 is 18.0 Å². The number of para-hydroxylation sites is 2. The van der Waals surface area contributed by atoms with Crippen molar-refractivity contribution >= 4 is 28.3 Å². The maximum Gasteiger partial charge on any atom is 0.360 e. The fourth-order valence-corrected chi connectivity index (χ4v) is 3.30. The summed E-state index contributed by atoms with van der Waals surface area (Å²) >= 11 is 0. The molecule has 7 nitrogen and oxygen atoms in total.